The van der Waals surface area contributed by atoms with E-state index in [9.17, 15) is 21.6 Å². The van der Waals surface area contributed by atoms with E-state index >= 15 is 0 Å². The molecule has 0 saturated carbocycles. The first-order chi connectivity index (χ1) is 9.67. The summed E-state index contributed by atoms with van der Waals surface area (Å²) in [6.45, 7) is 1.18. The van der Waals surface area contributed by atoms with Crippen molar-refractivity contribution in [3.63, 3.8) is 0 Å². The van der Waals surface area contributed by atoms with Gasteiger partial charge >= 0.3 is 6.18 Å². The highest BCUT2D eigenvalue weighted by molar-refractivity contribution is 7.89. The van der Waals surface area contributed by atoms with Gasteiger partial charge in [-0.3, -0.25) is 5.10 Å². The van der Waals surface area contributed by atoms with Crippen molar-refractivity contribution in [2.45, 2.75) is 37.4 Å². The number of H-pyrrole nitrogens is 1. The van der Waals surface area contributed by atoms with Gasteiger partial charge in [0.15, 0.2) is 0 Å². The first-order valence-electron chi connectivity index (χ1n) is 6.48. The van der Waals surface area contributed by atoms with Gasteiger partial charge in [0.1, 0.15) is 4.90 Å². The van der Waals surface area contributed by atoms with Crippen molar-refractivity contribution in [1.82, 2.24) is 14.5 Å². The summed E-state index contributed by atoms with van der Waals surface area (Å²) >= 11 is 0. The Labute approximate surface area is 120 Å². The lowest BCUT2D eigenvalue weighted by atomic mass is 9.98. The van der Waals surface area contributed by atoms with E-state index in [4.69, 9.17) is 5.73 Å². The number of hydrogen-bond acceptors (Lipinski definition) is 4. The van der Waals surface area contributed by atoms with E-state index in [1.807, 2.05) is 0 Å². The van der Waals surface area contributed by atoms with E-state index in [1.54, 1.807) is 6.92 Å². The van der Waals surface area contributed by atoms with E-state index in [2.05, 4.69) is 10.2 Å². The second-order valence-corrected chi connectivity index (χ2v) is 6.92. The molecule has 2 heterocycles. The molecule has 0 aromatic carbocycles. The van der Waals surface area contributed by atoms with Crippen LogP contribution in [0.2, 0.25) is 0 Å². The zero-order chi connectivity index (χ0) is 15.8. The third kappa shape index (κ3) is 3.06. The summed E-state index contributed by atoms with van der Waals surface area (Å²) in [6.07, 6.45) is -4.72. The average Bonchev–Trinajstić information content (AvgIpc) is 2.79. The Balaban J connectivity index is 2.21. The lowest BCUT2D eigenvalue weighted by molar-refractivity contribution is -0.182. The van der Waals surface area contributed by atoms with Gasteiger partial charge in [-0.2, -0.15) is 22.6 Å². The third-order valence-corrected chi connectivity index (χ3v) is 5.77. The van der Waals surface area contributed by atoms with Crippen LogP contribution < -0.4 is 5.73 Å². The van der Waals surface area contributed by atoms with Gasteiger partial charge in [0.2, 0.25) is 10.0 Å². The number of rotatable bonds is 3. The van der Waals surface area contributed by atoms with Crippen molar-refractivity contribution in [2.75, 3.05) is 13.1 Å². The summed E-state index contributed by atoms with van der Waals surface area (Å²) in [7, 11) is -3.87. The normalized spacial score (nSPS) is 19.1. The molecule has 1 saturated heterocycles. The van der Waals surface area contributed by atoms with Crippen molar-refractivity contribution in [3.8, 4) is 0 Å². The maximum absolute atomic E-state index is 12.6. The van der Waals surface area contributed by atoms with E-state index in [0.29, 0.717) is 5.69 Å². The molecule has 3 N–H and O–H groups in total. The van der Waals surface area contributed by atoms with Crippen molar-refractivity contribution < 1.29 is 21.6 Å². The minimum Gasteiger partial charge on any atom is -0.325 e. The van der Waals surface area contributed by atoms with Gasteiger partial charge in [0.05, 0.1) is 17.3 Å². The van der Waals surface area contributed by atoms with Gasteiger partial charge in [-0.05, 0) is 19.8 Å². The first-order valence-corrected chi connectivity index (χ1v) is 7.92. The Morgan fingerprint density at radius 2 is 1.95 bits per heavy atom. The van der Waals surface area contributed by atoms with E-state index < -0.39 is 22.1 Å². The number of halogens is 3. The molecule has 0 bridgehead atoms. The topological polar surface area (TPSA) is 92.1 Å². The molecule has 1 fully saturated rings. The number of piperidine rings is 1. The Kier molecular flexibility index (Phi) is 4.31. The number of nitrogens with two attached hydrogens (primary N) is 1. The Morgan fingerprint density at radius 1 is 1.38 bits per heavy atom. The molecule has 0 atom stereocenters. The van der Waals surface area contributed by atoms with E-state index in [1.165, 1.54) is 0 Å². The zero-order valence-corrected chi connectivity index (χ0v) is 12.3. The molecule has 120 valence electrons. The minimum absolute atomic E-state index is 0.0181. The maximum Gasteiger partial charge on any atom is 0.391 e. The lowest BCUT2D eigenvalue weighted by Crippen LogP contribution is -2.42. The summed E-state index contributed by atoms with van der Waals surface area (Å²) in [5.74, 6) is -1.44. The van der Waals surface area contributed by atoms with Crippen LogP contribution in [0.15, 0.2) is 4.90 Å². The molecule has 0 radical (unpaired) electrons. The highest BCUT2D eigenvalue weighted by Crippen LogP contribution is 2.36. The second-order valence-electron chi connectivity index (χ2n) is 5.05. The van der Waals surface area contributed by atoms with Crippen LogP contribution in [0.5, 0.6) is 0 Å². The van der Waals surface area contributed by atoms with E-state index in [-0.39, 0.29) is 43.1 Å². The summed E-state index contributed by atoms with van der Waals surface area (Å²) in [6, 6.07) is 0. The third-order valence-electron chi connectivity index (χ3n) is 3.67. The van der Waals surface area contributed by atoms with Gasteiger partial charge < -0.3 is 5.73 Å². The molecule has 6 nitrogen and oxygen atoms in total. The van der Waals surface area contributed by atoms with Crippen LogP contribution in [0.4, 0.5) is 13.2 Å². The molecule has 1 aliphatic heterocycles. The fraction of sp³-hybridized carbons (Fsp3) is 0.727. The van der Waals surface area contributed by atoms with Crippen molar-refractivity contribution in [2.24, 2.45) is 11.7 Å². The van der Waals surface area contributed by atoms with Crippen molar-refractivity contribution >= 4 is 10.0 Å². The number of aromatic amines is 1. The smallest absolute Gasteiger partial charge is 0.325 e. The summed E-state index contributed by atoms with van der Waals surface area (Å²) in [5.41, 5.74) is 6.00. The van der Waals surface area contributed by atoms with Crippen LogP contribution in [0.25, 0.3) is 0 Å². The van der Waals surface area contributed by atoms with Crippen LogP contribution >= 0.6 is 0 Å². The van der Waals surface area contributed by atoms with E-state index in [0.717, 1.165) is 4.31 Å². The molecular formula is C11H17F3N4O2S. The highest BCUT2D eigenvalue weighted by Gasteiger charge is 2.43. The number of nitrogens with zero attached hydrogens (tertiary/aromatic N) is 2. The average molecular weight is 326 g/mol. The largest absolute Gasteiger partial charge is 0.391 e. The van der Waals surface area contributed by atoms with Gasteiger partial charge in [-0.1, -0.05) is 0 Å². The van der Waals surface area contributed by atoms with Crippen LogP contribution in [0, 0.1) is 12.8 Å². The van der Waals surface area contributed by atoms with Crippen LogP contribution in [0.3, 0.4) is 0 Å². The quantitative estimate of drug-likeness (QED) is 0.871. The molecule has 0 spiro atoms. The van der Waals surface area contributed by atoms with Crippen LogP contribution in [-0.2, 0) is 16.6 Å². The SMILES string of the molecule is Cc1[nH]nc(CN)c1S(=O)(=O)N1CCC(C(F)(F)F)CC1. The fourth-order valence-corrected chi connectivity index (χ4v) is 4.31. The molecule has 1 aliphatic rings. The Bertz CT molecular complexity index is 603. The molecule has 0 aliphatic carbocycles. The molecular weight excluding hydrogens is 309 g/mol. The number of alkyl halides is 3. The fourth-order valence-electron chi connectivity index (χ4n) is 2.50. The number of aryl methyl sites for hydroxylation is 1. The first kappa shape index (κ1) is 16.2. The molecule has 10 heteroatoms. The standard InChI is InChI=1S/C11H17F3N4O2S/c1-7-10(9(6-15)17-16-7)21(19,20)18-4-2-8(3-5-18)11(12,13)14/h8H,2-6,15H2,1H3,(H,16,17). The van der Waals surface area contributed by atoms with Crippen molar-refractivity contribution in [1.29, 1.82) is 0 Å². The monoisotopic (exact) mass is 326 g/mol. The highest BCUT2D eigenvalue weighted by atomic mass is 32.2. The predicted octanol–water partition coefficient (Wildman–Crippen LogP) is 1.14. The number of nitrogens with one attached hydrogen (secondary N) is 1. The zero-order valence-electron chi connectivity index (χ0n) is 11.4. The molecule has 0 amide bonds. The number of hydrogen-bond donors (Lipinski definition) is 2. The molecule has 1 aromatic heterocycles. The van der Waals surface area contributed by atoms with Gasteiger partial charge in [0, 0.05) is 19.6 Å². The van der Waals surface area contributed by atoms with Crippen LogP contribution in [0.1, 0.15) is 24.2 Å². The predicted molar refractivity (Wildman–Crippen MR) is 68.8 cm³/mol. The minimum atomic E-state index is -4.27. The summed E-state index contributed by atoms with van der Waals surface area (Å²) in [5, 5.41) is 6.36. The second kappa shape index (κ2) is 5.58. The summed E-state index contributed by atoms with van der Waals surface area (Å²) in [4.78, 5) is -0.0181. The Morgan fingerprint density at radius 3 is 2.43 bits per heavy atom. The van der Waals surface area contributed by atoms with Gasteiger partial charge in [-0.25, -0.2) is 8.42 Å². The summed E-state index contributed by atoms with van der Waals surface area (Å²) < 4.78 is 64.0. The lowest BCUT2D eigenvalue weighted by Gasteiger charge is -2.32. The van der Waals surface area contributed by atoms with Gasteiger partial charge in [-0.15, -0.1) is 0 Å². The Hall–Kier alpha value is -1.13. The van der Waals surface area contributed by atoms with Crippen LogP contribution in [-0.4, -0.2) is 42.2 Å². The molecule has 2 rings (SSSR count). The number of sulfonamides is 1. The van der Waals surface area contributed by atoms with Gasteiger partial charge in [0.25, 0.3) is 0 Å². The van der Waals surface area contributed by atoms with Crippen molar-refractivity contribution in [3.05, 3.63) is 11.4 Å². The molecule has 1 aromatic rings. The molecule has 0 unspecified atom stereocenters. The maximum atomic E-state index is 12.6. The number of aromatic nitrogens is 2. The molecule has 21 heavy (non-hydrogen) atoms.